The van der Waals surface area contributed by atoms with E-state index >= 15 is 0 Å². The first-order valence-electron chi connectivity index (χ1n) is 13.4. The van der Waals surface area contributed by atoms with Crippen LogP contribution in [0.3, 0.4) is 0 Å². The van der Waals surface area contributed by atoms with Crippen LogP contribution < -0.4 is 15.5 Å². The van der Waals surface area contributed by atoms with Gasteiger partial charge in [0.05, 0.1) is 41.3 Å². The molecular formula is C30H24F6N8O. The third kappa shape index (κ3) is 7.93. The monoisotopic (exact) mass is 626 g/mol. The number of carbonyl (C=O) groups is 1. The number of aromatic nitrogens is 5. The van der Waals surface area contributed by atoms with Crippen LogP contribution in [-0.4, -0.2) is 44.4 Å². The number of hydrogen-bond donors (Lipinski definition) is 3. The molecule has 0 aliphatic carbocycles. The highest BCUT2D eigenvalue weighted by atomic mass is 19.4. The van der Waals surface area contributed by atoms with Gasteiger partial charge in [0.25, 0.3) is 0 Å². The standard InChI is InChI=1S/C30H24F6N8O/c31-29(32,33)14-16-44(18-20-7-5-6-15-37-20)26-13-12-19(21-8-1-2-9-22(21)27-40-42-43-41-27)17-25(26)39-28(45)38-24-11-4-3-10-23(24)30(34,35)36/h1-13,15,17H,14,16,18H2,(H2,38,39,45)(H,40,41,42,43). The Balaban J connectivity index is 1.57. The highest BCUT2D eigenvalue weighted by Crippen LogP contribution is 2.38. The van der Waals surface area contributed by atoms with E-state index in [1.807, 2.05) is 0 Å². The van der Waals surface area contributed by atoms with Crippen molar-refractivity contribution in [1.29, 1.82) is 0 Å². The molecule has 3 N–H and O–H groups in total. The first-order chi connectivity index (χ1) is 21.5. The lowest BCUT2D eigenvalue weighted by atomic mass is 9.98. The lowest BCUT2D eigenvalue weighted by Gasteiger charge is -2.28. The first kappa shape index (κ1) is 31.0. The Hall–Kier alpha value is -5.47. The number of urea groups is 1. The van der Waals surface area contributed by atoms with Crippen LogP contribution in [0, 0.1) is 0 Å². The quantitative estimate of drug-likeness (QED) is 0.146. The summed E-state index contributed by atoms with van der Waals surface area (Å²) in [6, 6.07) is 20.1. The van der Waals surface area contributed by atoms with E-state index in [1.54, 1.807) is 48.5 Å². The van der Waals surface area contributed by atoms with E-state index < -0.39 is 42.6 Å². The molecule has 0 saturated heterocycles. The minimum atomic E-state index is -4.74. The molecule has 0 unspecified atom stereocenters. The number of benzene rings is 3. The Morgan fingerprint density at radius 2 is 1.53 bits per heavy atom. The maximum absolute atomic E-state index is 13.6. The predicted molar refractivity (Wildman–Crippen MR) is 155 cm³/mol. The highest BCUT2D eigenvalue weighted by Gasteiger charge is 2.34. The Kier molecular flexibility index (Phi) is 8.97. The first-order valence-corrected chi connectivity index (χ1v) is 13.4. The van der Waals surface area contributed by atoms with Crippen molar-refractivity contribution >= 4 is 23.1 Å². The molecule has 2 heterocycles. The SMILES string of the molecule is O=C(Nc1cc(-c2ccccc2-c2nnn[nH]2)ccc1N(CCC(F)(F)F)Cc1ccccn1)Nc1ccccc1C(F)(F)F. The van der Waals surface area contributed by atoms with Crippen molar-refractivity contribution in [1.82, 2.24) is 25.6 Å². The fraction of sp³-hybridized carbons (Fsp3) is 0.167. The Bertz CT molecular complexity index is 1740. The number of anilines is 3. The summed E-state index contributed by atoms with van der Waals surface area (Å²) in [6.07, 6.45) is -8.90. The van der Waals surface area contributed by atoms with Gasteiger partial charge in [0.15, 0.2) is 5.82 Å². The van der Waals surface area contributed by atoms with Gasteiger partial charge >= 0.3 is 18.4 Å². The molecule has 9 nitrogen and oxygen atoms in total. The number of nitrogens with one attached hydrogen (secondary N) is 3. The van der Waals surface area contributed by atoms with Gasteiger partial charge in [-0.3, -0.25) is 4.98 Å². The molecule has 0 aliphatic rings. The molecule has 2 aromatic heterocycles. The minimum Gasteiger partial charge on any atom is -0.364 e. The number of alkyl halides is 6. The zero-order valence-corrected chi connectivity index (χ0v) is 23.2. The van der Waals surface area contributed by atoms with Gasteiger partial charge in [-0.1, -0.05) is 48.5 Å². The maximum Gasteiger partial charge on any atom is 0.418 e. The van der Waals surface area contributed by atoms with Gasteiger partial charge in [-0.05, 0) is 58.0 Å². The van der Waals surface area contributed by atoms with Gasteiger partial charge in [-0.25, -0.2) is 9.89 Å². The molecule has 0 radical (unpaired) electrons. The summed E-state index contributed by atoms with van der Waals surface area (Å²) in [5.41, 5.74) is 0.847. The highest BCUT2D eigenvalue weighted by molar-refractivity contribution is 6.03. The number of rotatable bonds is 9. The number of amides is 2. The van der Waals surface area contributed by atoms with Crippen molar-refractivity contribution in [3.05, 3.63) is 102 Å². The van der Waals surface area contributed by atoms with Crippen molar-refractivity contribution in [3.8, 4) is 22.5 Å². The molecule has 0 bridgehead atoms. The van der Waals surface area contributed by atoms with Gasteiger partial charge in [0, 0.05) is 18.3 Å². The smallest absolute Gasteiger partial charge is 0.364 e. The summed E-state index contributed by atoms with van der Waals surface area (Å²) in [5.74, 6) is 0.340. The summed E-state index contributed by atoms with van der Waals surface area (Å²) in [6.45, 7) is -0.545. The van der Waals surface area contributed by atoms with Gasteiger partial charge in [-0.2, -0.15) is 26.3 Å². The Labute approximate surface area is 252 Å². The van der Waals surface area contributed by atoms with Crippen molar-refractivity contribution in [2.75, 3.05) is 22.1 Å². The fourth-order valence-electron chi connectivity index (χ4n) is 4.64. The molecule has 5 rings (SSSR count). The molecule has 0 spiro atoms. The maximum atomic E-state index is 13.6. The lowest BCUT2D eigenvalue weighted by molar-refractivity contribution is -0.137. The van der Waals surface area contributed by atoms with Crippen LogP contribution in [0.4, 0.5) is 48.2 Å². The van der Waals surface area contributed by atoms with Gasteiger partial charge in [0.1, 0.15) is 0 Å². The van der Waals surface area contributed by atoms with Crippen molar-refractivity contribution in [2.24, 2.45) is 0 Å². The topological polar surface area (TPSA) is 112 Å². The number of H-pyrrole nitrogens is 1. The van der Waals surface area contributed by atoms with E-state index in [1.165, 1.54) is 35.4 Å². The van der Waals surface area contributed by atoms with Crippen molar-refractivity contribution < 1.29 is 31.1 Å². The van der Waals surface area contributed by atoms with E-state index in [2.05, 4.69) is 36.2 Å². The van der Waals surface area contributed by atoms with Crippen molar-refractivity contribution in [2.45, 2.75) is 25.3 Å². The van der Waals surface area contributed by atoms with Gasteiger partial charge < -0.3 is 15.5 Å². The Morgan fingerprint density at radius 1 is 0.822 bits per heavy atom. The number of aromatic amines is 1. The zero-order chi connectivity index (χ0) is 32.0. The zero-order valence-electron chi connectivity index (χ0n) is 23.2. The average Bonchev–Trinajstić information content (AvgIpc) is 3.54. The van der Waals surface area contributed by atoms with Gasteiger partial charge in [-0.15, -0.1) is 5.10 Å². The molecule has 5 aromatic rings. The van der Waals surface area contributed by atoms with Crippen LogP contribution in [0.1, 0.15) is 17.7 Å². The van der Waals surface area contributed by atoms with Crippen LogP contribution in [0.5, 0.6) is 0 Å². The van der Waals surface area contributed by atoms with Crippen LogP contribution >= 0.6 is 0 Å². The third-order valence-corrected chi connectivity index (χ3v) is 6.65. The molecule has 2 amide bonds. The summed E-state index contributed by atoms with van der Waals surface area (Å²) < 4.78 is 80.9. The number of nitrogens with zero attached hydrogens (tertiary/aromatic N) is 5. The lowest BCUT2D eigenvalue weighted by Crippen LogP contribution is -2.30. The average molecular weight is 627 g/mol. The number of halogens is 6. The Morgan fingerprint density at radius 3 is 2.22 bits per heavy atom. The third-order valence-electron chi connectivity index (χ3n) is 6.65. The van der Waals surface area contributed by atoms with E-state index in [-0.39, 0.29) is 17.9 Å². The second-order valence-corrected chi connectivity index (χ2v) is 9.76. The van der Waals surface area contributed by atoms with Crippen LogP contribution in [-0.2, 0) is 12.7 Å². The second-order valence-electron chi connectivity index (χ2n) is 9.76. The number of tetrazole rings is 1. The number of pyridine rings is 1. The molecule has 45 heavy (non-hydrogen) atoms. The molecule has 0 atom stereocenters. The predicted octanol–water partition coefficient (Wildman–Crippen LogP) is 7.55. The summed E-state index contributed by atoms with van der Waals surface area (Å²) in [5, 5.41) is 18.6. The van der Waals surface area contributed by atoms with Crippen LogP contribution in [0.25, 0.3) is 22.5 Å². The largest absolute Gasteiger partial charge is 0.418 e. The molecule has 0 fully saturated rings. The number of para-hydroxylation sites is 1. The fourth-order valence-corrected chi connectivity index (χ4v) is 4.64. The summed E-state index contributed by atoms with van der Waals surface area (Å²) in [4.78, 5) is 18.8. The second kappa shape index (κ2) is 13.0. The number of carbonyl (C=O) groups excluding carboxylic acids is 1. The molecule has 15 heteroatoms. The van der Waals surface area contributed by atoms with E-state index in [0.717, 1.165) is 12.1 Å². The minimum absolute atomic E-state index is 0.0399. The summed E-state index contributed by atoms with van der Waals surface area (Å²) >= 11 is 0. The molecule has 0 saturated carbocycles. The molecular weight excluding hydrogens is 602 g/mol. The molecule has 3 aromatic carbocycles. The summed E-state index contributed by atoms with van der Waals surface area (Å²) in [7, 11) is 0. The molecule has 0 aliphatic heterocycles. The van der Waals surface area contributed by atoms with Crippen LogP contribution in [0.15, 0.2) is 91.1 Å². The normalized spacial score (nSPS) is 11.7. The number of hydrogen-bond acceptors (Lipinski definition) is 6. The van der Waals surface area contributed by atoms with Gasteiger partial charge in [0.2, 0.25) is 0 Å². The van der Waals surface area contributed by atoms with E-state index in [0.29, 0.717) is 28.2 Å². The van der Waals surface area contributed by atoms with Crippen LogP contribution in [0.2, 0.25) is 0 Å². The van der Waals surface area contributed by atoms with Crippen molar-refractivity contribution in [3.63, 3.8) is 0 Å². The molecule has 232 valence electrons. The van der Waals surface area contributed by atoms with E-state index in [9.17, 15) is 31.1 Å². The van der Waals surface area contributed by atoms with E-state index in [4.69, 9.17) is 0 Å².